The largest absolute Gasteiger partial charge is 0.505 e. The molecule has 0 radical (unpaired) electrons. The molecule has 1 aromatic heterocycles. The van der Waals surface area contributed by atoms with Gasteiger partial charge in [0, 0.05) is 13.2 Å². The highest BCUT2D eigenvalue weighted by atomic mass is 16.5. The van der Waals surface area contributed by atoms with Crippen molar-refractivity contribution in [2.45, 2.75) is 12.5 Å². The average Bonchev–Trinajstić information content (AvgIpc) is 2.79. The van der Waals surface area contributed by atoms with E-state index in [1.807, 2.05) is 6.07 Å². The van der Waals surface area contributed by atoms with Gasteiger partial charge in [0.2, 0.25) is 0 Å². The normalized spacial score (nSPS) is 11.3. The van der Waals surface area contributed by atoms with Gasteiger partial charge in [-0.15, -0.1) is 0 Å². The number of aromatic nitrogens is 1. The van der Waals surface area contributed by atoms with E-state index >= 15 is 0 Å². The van der Waals surface area contributed by atoms with Crippen molar-refractivity contribution in [2.75, 3.05) is 12.4 Å². The predicted octanol–water partition coefficient (Wildman–Crippen LogP) is 3.23. The molecule has 0 aliphatic heterocycles. The van der Waals surface area contributed by atoms with Gasteiger partial charge in [-0.25, -0.2) is 4.79 Å². The summed E-state index contributed by atoms with van der Waals surface area (Å²) in [4.78, 5) is 35.9. The molecule has 2 aromatic carbocycles. The highest BCUT2D eigenvalue weighted by molar-refractivity contribution is 5.91. The molecule has 4 N–H and O–H groups in total. The van der Waals surface area contributed by atoms with E-state index in [0.29, 0.717) is 22.8 Å². The van der Waals surface area contributed by atoms with E-state index in [2.05, 4.69) is 10.6 Å². The monoisotopic (exact) mass is 453 g/mol. The molecule has 0 bridgehead atoms. The van der Waals surface area contributed by atoms with Crippen LogP contribution in [-0.4, -0.2) is 33.9 Å². The first kappa shape index (κ1) is 23.2. The fourth-order valence-electron chi connectivity index (χ4n) is 3.07. The summed E-state index contributed by atoms with van der Waals surface area (Å²) in [6.07, 6.45) is 0.946. The van der Waals surface area contributed by atoms with Crippen molar-refractivity contribution >= 4 is 17.7 Å². The van der Waals surface area contributed by atoms with Crippen LogP contribution in [-0.2, 0) is 11.8 Å². The number of aryl methyl sites for hydroxylation is 1. The molecule has 2 amide bonds. The van der Waals surface area contributed by atoms with E-state index in [1.54, 1.807) is 42.5 Å². The Morgan fingerprint density at radius 3 is 2.36 bits per heavy atom. The van der Waals surface area contributed by atoms with Gasteiger partial charge in [0.25, 0.3) is 5.56 Å². The summed E-state index contributed by atoms with van der Waals surface area (Å²) in [7, 11) is 3.00. The van der Waals surface area contributed by atoms with Crippen molar-refractivity contribution in [1.29, 1.82) is 0 Å². The van der Waals surface area contributed by atoms with Gasteiger partial charge in [0.15, 0.2) is 17.2 Å². The topological polar surface area (TPSA) is 139 Å². The number of nitrogens with one attached hydrogen (secondary N) is 2. The number of aromatic hydroxyl groups is 1. The summed E-state index contributed by atoms with van der Waals surface area (Å²) in [5.74, 6) is 0.0176. The lowest BCUT2D eigenvalue weighted by molar-refractivity contribution is -0.137. The number of benzene rings is 2. The van der Waals surface area contributed by atoms with Crippen molar-refractivity contribution in [3.63, 3.8) is 0 Å². The van der Waals surface area contributed by atoms with E-state index in [4.69, 9.17) is 9.47 Å². The summed E-state index contributed by atoms with van der Waals surface area (Å²) in [6, 6.07) is 13.1. The number of hydrogen-bond acceptors (Lipinski definition) is 6. The molecule has 10 heteroatoms. The third-order valence-corrected chi connectivity index (χ3v) is 4.75. The summed E-state index contributed by atoms with van der Waals surface area (Å²) in [5.41, 5.74) is -0.421. The molecule has 3 rings (SSSR count). The van der Waals surface area contributed by atoms with Gasteiger partial charge in [-0.05, 0) is 35.9 Å². The Hall–Kier alpha value is -4.47. The Bertz CT molecular complexity index is 1210. The molecule has 0 fully saturated rings. The minimum Gasteiger partial charge on any atom is -0.505 e. The Morgan fingerprint density at radius 2 is 1.73 bits per heavy atom. The summed E-state index contributed by atoms with van der Waals surface area (Å²) in [5, 5.41) is 24.0. The Kier molecular flexibility index (Phi) is 7.19. The average molecular weight is 453 g/mol. The molecule has 1 heterocycles. The van der Waals surface area contributed by atoms with Gasteiger partial charge in [0.05, 0.1) is 19.6 Å². The van der Waals surface area contributed by atoms with Crippen LogP contribution in [0.15, 0.2) is 65.6 Å². The second kappa shape index (κ2) is 10.2. The molecule has 10 nitrogen and oxygen atoms in total. The molecule has 1 atom stereocenters. The molecule has 0 aliphatic carbocycles. The lowest BCUT2D eigenvalue weighted by Gasteiger charge is -2.19. The van der Waals surface area contributed by atoms with Gasteiger partial charge in [-0.1, -0.05) is 24.3 Å². The van der Waals surface area contributed by atoms with Gasteiger partial charge < -0.3 is 34.9 Å². The minimum atomic E-state index is -1.13. The van der Waals surface area contributed by atoms with Gasteiger partial charge >= 0.3 is 12.0 Å². The fraction of sp³-hybridized carbons (Fsp3) is 0.174. The predicted molar refractivity (Wildman–Crippen MR) is 120 cm³/mol. The first-order valence-electron chi connectivity index (χ1n) is 9.87. The molecule has 33 heavy (non-hydrogen) atoms. The zero-order valence-electron chi connectivity index (χ0n) is 17.9. The quantitative estimate of drug-likeness (QED) is 0.411. The number of carbonyl (C=O) groups excluding carboxylic acids is 1. The number of carboxylic acid groups (broad SMARTS) is 1. The van der Waals surface area contributed by atoms with Crippen LogP contribution in [0.25, 0.3) is 0 Å². The zero-order chi connectivity index (χ0) is 24.0. The zero-order valence-corrected chi connectivity index (χ0v) is 17.9. The Balaban J connectivity index is 1.76. The first-order valence-corrected chi connectivity index (χ1v) is 9.87. The van der Waals surface area contributed by atoms with Crippen LogP contribution >= 0.6 is 0 Å². The van der Waals surface area contributed by atoms with E-state index in [0.717, 1.165) is 0 Å². The molecule has 1 unspecified atom stereocenters. The lowest BCUT2D eigenvalue weighted by Crippen LogP contribution is -2.35. The van der Waals surface area contributed by atoms with Gasteiger partial charge in [0.1, 0.15) is 11.5 Å². The second-order valence-corrected chi connectivity index (χ2v) is 7.06. The van der Waals surface area contributed by atoms with Crippen molar-refractivity contribution in [1.82, 2.24) is 9.88 Å². The molecule has 3 aromatic rings. The highest BCUT2D eigenvalue weighted by Crippen LogP contribution is 2.31. The van der Waals surface area contributed by atoms with E-state index in [-0.39, 0.29) is 5.69 Å². The van der Waals surface area contributed by atoms with Crippen LogP contribution in [0.2, 0.25) is 0 Å². The first-order chi connectivity index (χ1) is 15.8. The molecule has 172 valence electrons. The standard InChI is InChI=1S/C23H23N3O7/c1-26-12-11-17(27)21(22(26)30)25-23(31)24-16(13-20(28)29)14-7-9-15(10-8-14)33-19-6-4-3-5-18(19)32-2/h3-12,16,27H,13H2,1-2H3,(H,28,29)(H2,24,25,31). The van der Waals surface area contributed by atoms with Crippen LogP contribution in [0, 0.1) is 0 Å². The van der Waals surface area contributed by atoms with E-state index in [1.165, 1.54) is 31.0 Å². The number of pyridine rings is 1. The summed E-state index contributed by atoms with van der Waals surface area (Å²) >= 11 is 0. The number of rotatable bonds is 8. The minimum absolute atomic E-state index is 0.313. The number of nitrogens with zero attached hydrogens (tertiary/aromatic N) is 1. The van der Waals surface area contributed by atoms with Crippen LogP contribution in [0.1, 0.15) is 18.0 Å². The number of carbonyl (C=O) groups is 2. The molecular weight excluding hydrogens is 430 g/mol. The fourth-order valence-corrected chi connectivity index (χ4v) is 3.07. The number of para-hydroxylation sites is 2. The Morgan fingerprint density at radius 1 is 1.06 bits per heavy atom. The SMILES string of the molecule is COc1ccccc1Oc1ccc(C(CC(=O)O)NC(=O)Nc2c(O)ccn(C)c2=O)cc1. The van der Waals surface area contributed by atoms with Gasteiger partial charge in [-0.3, -0.25) is 9.59 Å². The maximum Gasteiger partial charge on any atom is 0.319 e. The third-order valence-electron chi connectivity index (χ3n) is 4.75. The Labute approximate surface area is 189 Å². The molecule has 0 aliphatic rings. The van der Waals surface area contributed by atoms with Crippen LogP contribution in [0.3, 0.4) is 0 Å². The number of ether oxygens (including phenoxy) is 2. The van der Waals surface area contributed by atoms with E-state index in [9.17, 15) is 24.6 Å². The van der Waals surface area contributed by atoms with E-state index < -0.39 is 35.8 Å². The van der Waals surface area contributed by atoms with Crippen molar-refractivity contribution in [3.05, 3.63) is 76.7 Å². The maximum absolute atomic E-state index is 12.5. The number of carboxylic acids is 1. The number of urea groups is 1. The number of amides is 2. The maximum atomic E-state index is 12.5. The molecule has 0 saturated carbocycles. The van der Waals surface area contributed by atoms with Crippen LogP contribution in [0.5, 0.6) is 23.0 Å². The lowest BCUT2D eigenvalue weighted by atomic mass is 10.0. The third kappa shape index (κ3) is 5.82. The smallest absolute Gasteiger partial charge is 0.319 e. The van der Waals surface area contributed by atoms with Crippen LogP contribution < -0.4 is 25.7 Å². The van der Waals surface area contributed by atoms with Crippen LogP contribution in [0.4, 0.5) is 10.5 Å². The molecule has 0 spiro atoms. The molecule has 0 saturated heterocycles. The molecular formula is C23H23N3O7. The van der Waals surface area contributed by atoms with Gasteiger partial charge in [-0.2, -0.15) is 0 Å². The second-order valence-electron chi connectivity index (χ2n) is 7.06. The summed E-state index contributed by atoms with van der Waals surface area (Å²) in [6.45, 7) is 0. The summed E-state index contributed by atoms with van der Waals surface area (Å²) < 4.78 is 12.2. The highest BCUT2D eigenvalue weighted by Gasteiger charge is 2.20. The number of aliphatic carboxylic acids is 1. The number of hydrogen-bond donors (Lipinski definition) is 4. The van der Waals surface area contributed by atoms with Crippen molar-refractivity contribution in [3.8, 4) is 23.0 Å². The number of methoxy groups -OCH3 is 1. The van der Waals surface area contributed by atoms with Crippen molar-refractivity contribution < 1.29 is 29.3 Å². The van der Waals surface area contributed by atoms with Crippen molar-refractivity contribution in [2.24, 2.45) is 7.05 Å². The number of anilines is 1.